The molecule has 0 aliphatic rings. The van der Waals surface area contributed by atoms with Crippen LogP contribution in [0.5, 0.6) is 0 Å². The van der Waals surface area contributed by atoms with E-state index in [1.54, 1.807) is 24.3 Å². The Morgan fingerprint density at radius 1 is 1.38 bits per heavy atom. The first kappa shape index (κ1) is 11.4. The van der Waals surface area contributed by atoms with Crippen molar-refractivity contribution in [3.63, 3.8) is 0 Å². The van der Waals surface area contributed by atoms with E-state index in [2.05, 4.69) is 11.3 Å². The van der Waals surface area contributed by atoms with E-state index in [0.717, 1.165) is 0 Å². The van der Waals surface area contributed by atoms with Gasteiger partial charge in [0, 0.05) is 0 Å². The van der Waals surface area contributed by atoms with E-state index in [1.807, 2.05) is 19.1 Å². The number of rotatable bonds is 4. The predicted molar refractivity (Wildman–Crippen MR) is 54.3 cm³/mol. The van der Waals surface area contributed by atoms with Crippen LogP contribution >= 0.6 is 0 Å². The second kappa shape index (κ2) is 7.10. The smallest absolute Gasteiger partial charge is 0.337 e. The minimum absolute atomic E-state index is 0.361. The SMILES string of the molecule is C=C\C=C(/C=C\C=C/C)C(=O)OC. The van der Waals surface area contributed by atoms with Crippen LogP contribution in [0, 0.1) is 0 Å². The van der Waals surface area contributed by atoms with Crippen LogP contribution in [0.15, 0.2) is 48.6 Å². The van der Waals surface area contributed by atoms with Crippen LogP contribution in [0.2, 0.25) is 0 Å². The molecular formula is C11H14O2. The Morgan fingerprint density at radius 3 is 2.54 bits per heavy atom. The fourth-order valence-corrected chi connectivity index (χ4v) is 0.707. The maximum Gasteiger partial charge on any atom is 0.337 e. The van der Waals surface area contributed by atoms with Gasteiger partial charge in [-0.3, -0.25) is 0 Å². The standard InChI is InChI=1S/C11H14O2/c1-4-6-7-9-10(8-5-2)11(12)13-3/h4-9H,2H2,1,3H3/b6-4-,9-7-,10-8+. The third kappa shape index (κ3) is 4.80. The van der Waals surface area contributed by atoms with E-state index in [-0.39, 0.29) is 5.97 Å². The highest BCUT2D eigenvalue weighted by Crippen LogP contribution is 2.00. The summed E-state index contributed by atoms with van der Waals surface area (Å²) in [4.78, 5) is 11.1. The molecule has 0 N–H and O–H groups in total. The lowest BCUT2D eigenvalue weighted by atomic mass is 10.2. The van der Waals surface area contributed by atoms with Crippen molar-refractivity contribution in [2.24, 2.45) is 0 Å². The van der Waals surface area contributed by atoms with Gasteiger partial charge >= 0.3 is 5.97 Å². The molecule has 0 saturated carbocycles. The van der Waals surface area contributed by atoms with Gasteiger partial charge in [-0.15, -0.1) is 0 Å². The maximum absolute atomic E-state index is 11.1. The fourth-order valence-electron chi connectivity index (χ4n) is 0.707. The van der Waals surface area contributed by atoms with Crippen LogP contribution < -0.4 is 0 Å². The molecule has 0 bridgehead atoms. The van der Waals surface area contributed by atoms with E-state index in [4.69, 9.17) is 0 Å². The average Bonchev–Trinajstić information content (AvgIpc) is 2.16. The van der Waals surface area contributed by atoms with Crippen molar-refractivity contribution in [3.8, 4) is 0 Å². The molecule has 0 aromatic carbocycles. The number of hydrogen-bond donors (Lipinski definition) is 0. The van der Waals surface area contributed by atoms with Crippen LogP contribution in [0.1, 0.15) is 6.92 Å². The number of ether oxygens (including phenoxy) is 1. The van der Waals surface area contributed by atoms with Crippen molar-refractivity contribution < 1.29 is 9.53 Å². The first-order valence-electron chi connectivity index (χ1n) is 3.96. The zero-order valence-corrected chi connectivity index (χ0v) is 7.99. The predicted octanol–water partition coefficient (Wildman–Crippen LogP) is 2.40. The van der Waals surface area contributed by atoms with E-state index in [1.165, 1.54) is 7.11 Å². The lowest BCUT2D eigenvalue weighted by molar-refractivity contribution is -0.135. The molecule has 0 radical (unpaired) electrons. The monoisotopic (exact) mass is 178 g/mol. The van der Waals surface area contributed by atoms with Crippen LogP contribution in [0.25, 0.3) is 0 Å². The number of hydrogen-bond acceptors (Lipinski definition) is 2. The summed E-state index contributed by atoms with van der Waals surface area (Å²) in [6, 6.07) is 0. The number of esters is 1. The molecule has 0 atom stereocenters. The second-order valence-electron chi connectivity index (χ2n) is 2.23. The molecule has 13 heavy (non-hydrogen) atoms. The maximum atomic E-state index is 11.1. The van der Waals surface area contributed by atoms with Crippen LogP contribution in [-0.2, 0) is 9.53 Å². The van der Waals surface area contributed by atoms with E-state index < -0.39 is 0 Å². The molecule has 0 rings (SSSR count). The summed E-state index contributed by atoms with van der Waals surface area (Å²) >= 11 is 0. The first-order chi connectivity index (χ1) is 6.26. The summed E-state index contributed by atoms with van der Waals surface area (Å²) in [5.74, 6) is -0.361. The summed E-state index contributed by atoms with van der Waals surface area (Å²) in [6.45, 7) is 5.41. The number of allylic oxidation sites excluding steroid dienone is 5. The minimum Gasteiger partial charge on any atom is -0.465 e. The zero-order chi connectivity index (χ0) is 10.1. The molecule has 0 aromatic heterocycles. The molecule has 0 spiro atoms. The molecule has 0 aliphatic carbocycles. The van der Waals surface area contributed by atoms with Gasteiger partial charge in [-0.1, -0.05) is 30.9 Å². The van der Waals surface area contributed by atoms with E-state index in [0.29, 0.717) is 5.57 Å². The largest absolute Gasteiger partial charge is 0.465 e. The molecule has 0 heterocycles. The highest BCUT2D eigenvalue weighted by atomic mass is 16.5. The average molecular weight is 178 g/mol. The van der Waals surface area contributed by atoms with Gasteiger partial charge in [0.15, 0.2) is 0 Å². The summed E-state index contributed by atoms with van der Waals surface area (Å²) in [7, 11) is 1.35. The van der Waals surface area contributed by atoms with Crippen LogP contribution in [-0.4, -0.2) is 13.1 Å². The van der Waals surface area contributed by atoms with E-state index in [9.17, 15) is 4.79 Å². The van der Waals surface area contributed by atoms with Crippen LogP contribution in [0.4, 0.5) is 0 Å². The van der Waals surface area contributed by atoms with Crippen molar-refractivity contribution in [2.45, 2.75) is 6.92 Å². The molecule has 0 fully saturated rings. The number of methoxy groups -OCH3 is 1. The molecule has 0 aromatic rings. The zero-order valence-electron chi connectivity index (χ0n) is 7.99. The van der Waals surface area contributed by atoms with Gasteiger partial charge in [0.2, 0.25) is 0 Å². The minimum atomic E-state index is -0.361. The van der Waals surface area contributed by atoms with Crippen molar-refractivity contribution >= 4 is 5.97 Å². The number of carbonyl (C=O) groups is 1. The molecule has 2 nitrogen and oxygen atoms in total. The number of carbonyl (C=O) groups excluding carboxylic acids is 1. The highest BCUT2D eigenvalue weighted by Gasteiger charge is 2.02. The quantitative estimate of drug-likeness (QED) is 0.375. The van der Waals surface area contributed by atoms with Crippen molar-refractivity contribution in [3.05, 3.63) is 48.6 Å². The van der Waals surface area contributed by atoms with Gasteiger partial charge in [0.1, 0.15) is 0 Å². The molecule has 0 saturated heterocycles. The lowest BCUT2D eigenvalue weighted by Gasteiger charge is -1.96. The Labute approximate surface area is 78.9 Å². The van der Waals surface area contributed by atoms with Gasteiger partial charge in [-0.25, -0.2) is 4.79 Å². The first-order valence-corrected chi connectivity index (χ1v) is 3.96. The van der Waals surface area contributed by atoms with Crippen molar-refractivity contribution in [1.29, 1.82) is 0 Å². The van der Waals surface area contributed by atoms with Gasteiger partial charge in [-0.05, 0) is 19.1 Å². The summed E-state index contributed by atoms with van der Waals surface area (Å²) in [6.07, 6.45) is 10.3. The van der Waals surface area contributed by atoms with Gasteiger partial charge in [0.25, 0.3) is 0 Å². The Bertz CT molecular complexity index is 257. The molecule has 0 aliphatic heterocycles. The lowest BCUT2D eigenvalue weighted by Crippen LogP contribution is -2.01. The third-order valence-corrected chi connectivity index (χ3v) is 1.30. The Balaban J connectivity index is 4.53. The van der Waals surface area contributed by atoms with Crippen molar-refractivity contribution in [1.82, 2.24) is 0 Å². The molecular weight excluding hydrogens is 164 g/mol. The fraction of sp³-hybridized carbons (Fsp3) is 0.182. The molecule has 0 unspecified atom stereocenters. The van der Waals surface area contributed by atoms with Crippen molar-refractivity contribution in [2.75, 3.05) is 7.11 Å². The summed E-state index contributed by atoms with van der Waals surface area (Å²) < 4.78 is 4.57. The normalized spacial score (nSPS) is 12.3. The molecule has 0 amide bonds. The van der Waals surface area contributed by atoms with Gasteiger partial charge in [0.05, 0.1) is 12.7 Å². The highest BCUT2D eigenvalue weighted by molar-refractivity contribution is 5.91. The summed E-state index contributed by atoms with van der Waals surface area (Å²) in [5.41, 5.74) is 0.482. The topological polar surface area (TPSA) is 26.3 Å². The van der Waals surface area contributed by atoms with Gasteiger partial charge < -0.3 is 4.74 Å². The van der Waals surface area contributed by atoms with E-state index >= 15 is 0 Å². The second-order valence-corrected chi connectivity index (χ2v) is 2.23. The molecule has 70 valence electrons. The van der Waals surface area contributed by atoms with Crippen LogP contribution in [0.3, 0.4) is 0 Å². The summed E-state index contributed by atoms with van der Waals surface area (Å²) in [5, 5.41) is 0. The Kier molecular flexibility index (Phi) is 6.24. The Morgan fingerprint density at radius 2 is 2.08 bits per heavy atom. The molecule has 2 heteroatoms. The van der Waals surface area contributed by atoms with Gasteiger partial charge in [-0.2, -0.15) is 0 Å². The Hall–Kier alpha value is -1.57. The third-order valence-electron chi connectivity index (χ3n) is 1.30.